The van der Waals surface area contributed by atoms with Crippen molar-refractivity contribution in [1.82, 2.24) is 14.7 Å². The summed E-state index contributed by atoms with van der Waals surface area (Å²) in [4.78, 5) is 16.7. The van der Waals surface area contributed by atoms with Crippen molar-refractivity contribution >= 4 is 27.5 Å². The highest BCUT2D eigenvalue weighted by Crippen LogP contribution is 2.24. The number of methoxy groups -OCH3 is 1. The van der Waals surface area contributed by atoms with Crippen molar-refractivity contribution in [3.8, 4) is 5.75 Å². The van der Waals surface area contributed by atoms with Crippen molar-refractivity contribution in [2.75, 3.05) is 7.11 Å². The summed E-state index contributed by atoms with van der Waals surface area (Å²) in [7, 11) is 1.63. The van der Waals surface area contributed by atoms with E-state index in [1.807, 2.05) is 53.9 Å². The van der Waals surface area contributed by atoms with Crippen molar-refractivity contribution < 1.29 is 9.53 Å². The lowest BCUT2D eigenvalue weighted by atomic mass is 10.1. The van der Waals surface area contributed by atoms with E-state index >= 15 is 0 Å². The lowest BCUT2D eigenvalue weighted by molar-refractivity contribution is -0.121. The van der Waals surface area contributed by atoms with Crippen molar-refractivity contribution in [3.63, 3.8) is 0 Å². The second-order valence-corrected chi connectivity index (χ2v) is 6.45. The van der Waals surface area contributed by atoms with Gasteiger partial charge in [0.25, 0.3) is 0 Å². The van der Waals surface area contributed by atoms with E-state index in [4.69, 9.17) is 4.74 Å². The Morgan fingerprint density at radius 2 is 2.12 bits per heavy atom. The molecule has 0 aliphatic heterocycles. The molecule has 3 aromatic rings. The van der Waals surface area contributed by atoms with Crippen molar-refractivity contribution in [3.05, 3.63) is 64.5 Å². The number of benzene rings is 1. The molecule has 0 saturated carbocycles. The highest BCUT2D eigenvalue weighted by atomic mass is 79.9. The molecule has 0 bridgehead atoms. The molecule has 5 nitrogen and oxygen atoms in total. The van der Waals surface area contributed by atoms with Gasteiger partial charge in [0.05, 0.1) is 25.3 Å². The summed E-state index contributed by atoms with van der Waals surface area (Å²) in [6.45, 7) is 1.95. The van der Waals surface area contributed by atoms with Gasteiger partial charge in [-0.1, -0.05) is 18.2 Å². The van der Waals surface area contributed by atoms with Gasteiger partial charge in [0.15, 0.2) is 0 Å². The SMILES string of the molecule is COc1ccccc1C(C)NC(=O)Cc1cnc2ccc(Br)cn12. The van der Waals surface area contributed by atoms with Crippen molar-refractivity contribution in [1.29, 1.82) is 0 Å². The molecule has 0 fully saturated rings. The molecule has 0 radical (unpaired) electrons. The molecule has 1 unspecified atom stereocenters. The van der Waals surface area contributed by atoms with E-state index < -0.39 is 0 Å². The second-order valence-electron chi connectivity index (χ2n) is 5.53. The Labute approximate surface area is 148 Å². The van der Waals surface area contributed by atoms with Crippen LogP contribution in [-0.2, 0) is 11.2 Å². The van der Waals surface area contributed by atoms with E-state index in [-0.39, 0.29) is 18.4 Å². The van der Waals surface area contributed by atoms with E-state index in [9.17, 15) is 4.79 Å². The fourth-order valence-electron chi connectivity index (χ4n) is 2.69. The Balaban J connectivity index is 1.74. The smallest absolute Gasteiger partial charge is 0.226 e. The number of imidazole rings is 1. The van der Waals surface area contributed by atoms with Crippen LogP contribution in [0, 0.1) is 0 Å². The molecule has 124 valence electrons. The molecule has 1 amide bonds. The molecule has 3 rings (SSSR count). The van der Waals surface area contributed by atoms with Crippen LogP contribution in [0.1, 0.15) is 24.2 Å². The monoisotopic (exact) mass is 387 g/mol. The second kappa shape index (κ2) is 7.05. The van der Waals surface area contributed by atoms with Gasteiger partial charge in [0, 0.05) is 22.4 Å². The summed E-state index contributed by atoms with van der Waals surface area (Å²) in [6.07, 6.45) is 3.90. The first-order chi connectivity index (χ1) is 11.6. The third-order valence-electron chi connectivity index (χ3n) is 3.87. The molecular formula is C18H18BrN3O2. The van der Waals surface area contributed by atoms with Gasteiger partial charge in [-0.15, -0.1) is 0 Å². The maximum Gasteiger partial charge on any atom is 0.226 e. The number of hydrogen-bond acceptors (Lipinski definition) is 3. The van der Waals surface area contributed by atoms with Crippen LogP contribution in [0.2, 0.25) is 0 Å². The third kappa shape index (κ3) is 3.43. The first-order valence-corrected chi connectivity index (χ1v) is 8.41. The summed E-state index contributed by atoms with van der Waals surface area (Å²) in [5, 5.41) is 3.02. The number of hydrogen-bond donors (Lipinski definition) is 1. The zero-order valence-corrected chi connectivity index (χ0v) is 15.1. The Hall–Kier alpha value is -2.34. The number of nitrogens with zero attached hydrogens (tertiary/aromatic N) is 2. The minimum atomic E-state index is -0.139. The van der Waals surface area contributed by atoms with Gasteiger partial charge in [-0.05, 0) is 41.1 Å². The quantitative estimate of drug-likeness (QED) is 0.728. The number of carbonyl (C=O) groups is 1. The molecule has 1 atom stereocenters. The lowest BCUT2D eigenvalue weighted by Gasteiger charge is -2.17. The maximum absolute atomic E-state index is 12.4. The van der Waals surface area contributed by atoms with E-state index in [1.54, 1.807) is 13.3 Å². The summed E-state index contributed by atoms with van der Waals surface area (Å²) < 4.78 is 8.21. The molecule has 1 aromatic carbocycles. The fraction of sp³-hybridized carbons (Fsp3) is 0.222. The Morgan fingerprint density at radius 1 is 1.33 bits per heavy atom. The van der Waals surface area contributed by atoms with E-state index in [2.05, 4.69) is 26.2 Å². The zero-order valence-electron chi connectivity index (χ0n) is 13.5. The average molecular weight is 388 g/mol. The Kier molecular flexibility index (Phi) is 4.85. The van der Waals surface area contributed by atoms with Crippen molar-refractivity contribution in [2.24, 2.45) is 0 Å². The van der Waals surface area contributed by atoms with Crippen LogP contribution >= 0.6 is 15.9 Å². The molecule has 0 saturated heterocycles. The normalized spacial score (nSPS) is 12.1. The topological polar surface area (TPSA) is 55.6 Å². The minimum Gasteiger partial charge on any atom is -0.496 e. The highest BCUT2D eigenvalue weighted by Gasteiger charge is 2.15. The van der Waals surface area contributed by atoms with Crippen molar-refractivity contribution in [2.45, 2.75) is 19.4 Å². The number of aromatic nitrogens is 2. The molecule has 0 aliphatic rings. The number of nitrogens with one attached hydrogen (secondary N) is 1. The van der Waals surface area contributed by atoms with Gasteiger partial charge < -0.3 is 14.5 Å². The van der Waals surface area contributed by atoms with Crippen LogP contribution in [0.4, 0.5) is 0 Å². The van der Waals surface area contributed by atoms with Gasteiger partial charge in [-0.2, -0.15) is 0 Å². The van der Waals surface area contributed by atoms with Crippen LogP contribution in [0.25, 0.3) is 5.65 Å². The third-order valence-corrected chi connectivity index (χ3v) is 4.34. The van der Waals surface area contributed by atoms with E-state index in [0.29, 0.717) is 0 Å². The van der Waals surface area contributed by atoms with E-state index in [0.717, 1.165) is 27.1 Å². The number of fused-ring (bicyclic) bond motifs is 1. The highest BCUT2D eigenvalue weighted by molar-refractivity contribution is 9.10. The van der Waals surface area contributed by atoms with Gasteiger partial charge >= 0.3 is 0 Å². The molecule has 1 N–H and O–H groups in total. The van der Waals surface area contributed by atoms with Gasteiger partial charge in [0.1, 0.15) is 11.4 Å². The van der Waals surface area contributed by atoms with Crippen LogP contribution in [0.5, 0.6) is 5.75 Å². The summed E-state index contributed by atoms with van der Waals surface area (Å²) in [5.74, 6) is 0.708. The first-order valence-electron chi connectivity index (χ1n) is 7.62. The van der Waals surface area contributed by atoms with Crippen LogP contribution in [-0.4, -0.2) is 22.4 Å². The summed E-state index contributed by atoms with van der Waals surface area (Å²) >= 11 is 3.44. The molecule has 0 aliphatic carbocycles. The van der Waals surface area contributed by atoms with Crippen LogP contribution in [0.3, 0.4) is 0 Å². The predicted molar refractivity (Wildman–Crippen MR) is 96.1 cm³/mol. The number of rotatable bonds is 5. The molecule has 24 heavy (non-hydrogen) atoms. The standard InChI is InChI=1S/C18H18BrN3O2/c1-12(15-5-3-4-6-16(15)24-2)21-18(23)9-14-10-20-17-8-7-13(19)11-22(14)17/h3-8,10-12H,9H2,1-2H3,(H,21,23). The van der Waals surface area contributed by atoms with Crippen LogP contribution < -0.4 is 10.1 Å². The number of para-hydroxylation sites is 1. The van der Waals surface area contributed by atoms with Crippen LogP contribution in [0.15, 0.2) is 53.3 Å². The summed E-state index contributed by atoms with van der Waals surface area (Å²) in [5.41, 5.74) is 2.61. The largest absolute Gasteiger partial charge is 0.496 e. The average Bonchev–Trinajstić information content (AvgIpc) is 2.96. The molecule has 2 heterocycles. The summed E-state index contributed by atoms with van der Waals surface area (Å²) in [6, 6.07) is 11.4. The molecule has 0 spiro atoms. The van der Waals surface area contributed by atoms with E-state index in [1.165, 1.54) is 0 Å². The molecule has 6 heteroatoms. The number of pyridine rings is 1. The molecular weight excluding hydrogens is 370 g/mol. The number of halogens is 1. The van der Waals surface area contributed by atoms with Gasteiger partial charge in [-0.3, -0.25) is 4.79 Å². The van der Waals surface area contributed by atoms with Gasteiger partial charge in [0.2, 0.25) is 5.91 Å². The lowest BCUT2D eigenvalue weighted by Crippen LogP contribution is -2.28. The Bertz CT molecular complexity index is 876. The zero-order chi connectivity index (χ0) is 17.1. The fourth-order valence-corrected chi connectivity index (χ4v) is 3.03. The predicted octanol–water partition coefficient (Wildman–Crippen LogP) is 3.53. The number of amides is 1. The maximum atomic E-state index is 12.4. The Morgan fingerprint density at radius 3 is 2.92 bits per heavy atom. The number of carbonyl (C=O) groups excluding carboxylic acids is 1. The first kappa shape index (κ1) is 16.5. The number of ether oxygens (including phenoxy) is 1. The van der Waals surface area contributed by atoms with Gasteiger partial charge in [-0.25, -0.2) is 4.98 Å². The minimum absolute atomic E-state index is 0.0600. The molecule has 2 aromatic heterocycles.